The van der Waals surface area contributed by atoms with E-state index in [1.54, 1.807) is 23.1 Å². The van der Waals surface area contributed by atoms with Gasteiger partial charge in [-0.2, -0.15) is 0 Å². The molecule has 2 aliphatic heterocycles. The summed E-state index contributed by atoms with van der Waals surface area (Å²) in [5.41, 5.74) is 0.798. The van der Waals surface area contributed by atoms with Crippen LogP contribution in [-0.2, 0) is 4.74 Å². The van der Waals surface area contributed by atoms with Crippen molar-refractivity contribution in [2.45, 2.75) is 30.9 Å². The van der Waals surface area contributed by atoms with Gasteiger partial charge in [0.15, 0.2) is 0 Å². The van der Waals surface area contributed by atoms with E-state index in [1.165, 1.54) is 18.3 Å². The maximum Gasteiger partial charge on any atom is 0.292 e. The molecule has 2 saturated heterocycles. The second-order valence-corrected chi connectivity index (χ2v) is 7.11. The maximum absolute atomic E-state index is 13.1. The fourth-order valence-electron chi connectivity index (χ4n) is 3.90. The molecule has 7 heteroatoms. The van der Waals surface area contributed by atoms with Gasteiger partial charge in [-0.15, -0.1) is 0 Å². The van der Waals surface area contributed by atoms with Gasteiger partial charge in [-0.3, -0.25) is 4.79 Å². The van der Waals surface area contributed by atoms with E-state index in [2.05, 4.69) is 10.1 Å². The standard InChI is InChI=1S/C19H22FN3O3/c1-22(15-4-2-14(20)3-5-15)16-12-19(25-13-16)7-10-23(11-8-19)18(24)17-6-9-21-26-17/h2-6,9,16H,7-8,10-13H2,1H3/t16-/m1/s1. The lowest BCUT2D eigenvalue weighted by Gasteiger charge is -2.38. The summed E-state index contributed by atoms with van der Waals surface area (Å²) in [5.74, 6) is -0.0670. The molecule has 1 atom stereocenters. The highest BCUT2D eigenvalue weighted by Gasteiger charge is 2.44. The molecule has 4 rings (SSSR count). The van der Waals surface area contributed by atoms with E-state index < -0.39 is 0 Å². The zero-order valence-electron chi connectivity index (χ0n) is 14.7. The van der Waals surface area contributed by atoms with Gasteiger partial charge in [0.25, 0.3) is 5.91 Å². The summed E-state index contributed by atoms with van der Waals surface area (Å²) in [4.78, 5) is 16.3. The summed E-state index contributed by atoms with van der Waals surface area (Å²) in [6, 6.07) is 8.37. The number of piperidine rings is 1. The Hall–Kier alpha value is -2.41. The lowest BCUT2D eigenvalue weighted by Crippen LogP contribution is -2.47. The zero-order valence-corrected chi connectivity index (χ0v) is 14.7. The Labute approximate surface area is 151 Å². The van der Waals surface area contributed by atoms with Gasteiger partial charge in [0, 0.05) is 31.9 Å². The molecule has 1 aromatic carbocycles. The van der Waals surface area contributed by atoms with Crippen molar-refractivity contribution in [2.24, 2.45) is 0 Å². The number of rotatable bonds is 3. The molecule has 0 N–H and O–H groups in total. The highest BCUT2D eigenvalue weighted by Crippen LogP contribution is 2.38. The fraction of sp³-hybridized carbons (Fsp3) is 0.474. The average molecular weight is 359 g/mol. The predicted octanol–water partition coefficient (Wildman–Crippen LogP) is 2.71. The van der Waals surface area contributed by atoms with Crippen LogP contribution in [0.15, 0.2) is 41.1 Å². The summed E-state index contributed by atoms with van der Waals surface area (Å²) in [6.45, 7) is 1.93. The summed E-state index contributed by atoms with van der Waals surface area (Å²) in [5, 5.41) is 3.60. The number of carbonyl (C=O) groups excluding carboxylic acids is 1. The molecule has 0 radical (unpaired) electrons. The van der Waals surface area contributed by atoms with Gasteiger partial charge >= 0.3 is 0 Å². The van der Waals surface area contributed by atoms with Crippen LogP contribution in [0.3, 0.4) is 0 Å². The molecule has 1 amide bonds. The van der Waals surface area contributed by atoms with Crippen molar-refractivity contribution in [1.82, 2.24) is 10.1 Å². The SMILES string of the molecule is CN(c1ccc(F)cc1)[C@H]1COC2(CCN(C(=O)c3ccno3)CC2)C1. The van der Waals surface area contributed by atoms with Gasteiger partial charge < -0.3 is 19.1 Å². The molecular formula is C19H22FN3O3. The second-order valence-electron chi connectivity index (χ2n) is 7.11. The highest BCUT2D eigenvalue weighted by molar-refractivity contribution is 5.91. The van der Waals surface area contributed by atoms with Crippen LogP contribution in [0.1, 0.15) is 29.8 Å². The predicted molar refractivity (Wildman–Crippen MR) is 93.5 cm³/mol. The third-order valence-electron chi connectivity index (χ3n) is 5.58. The second kappa shape index (κ2) is 6.72. The van der Waals surface area contributed by atoms with Crippen LogP contribution in [0.5, 0.6) is 0 Å². The van der Waals surface area contributed by atoms with E-state index in [1.807, 2.05) is 7.05 Å². The molecule has 2 aliphatic rings. The smallest absolute Gasteiger partial charge is 0.292 e. The molecule has 0 bridgehead atoms. The first-order valence-electron chi connectivity index (χ1n) is 8.89. The van der Waals surface area contributed by atoms with Gasteiger partial charge in [-0.05, 0) is 43.5 Å². The van der Waals surface area contributed by atoms with Crippen LogP contribution < -0.4 is 4.90 Å². The lowest BCUT2D eigenvalue weighted by atomic mass is 9.87. The quantitative estimate of drug-likeness (QED) is 0.843. The Morgan fingerprint density at radius 3 is 2.65 bits per heavy atom. The highest BCUT2D eigenvalue weighted by atomic mass is 19.1. The van der Waals surface area contributed by atoms with E-state index in [9.17, 15) is 9.18 Å². The zero-order chi connectivity index (χ0) is 18.1. The van der Waals surface area contributed by atoms with Crippen LogP contribution in [-0.4, -0.2) is 54.4 Å². The van der Waals surface area contributed by atoms with Crippen LogP contribution in [0.25, 0.3) is 0 Å². The van der Waals surface area contributed by atoms with Crippen molar-refractivity contribution in [3.05, 3.63) is 48.1 Å². The summed E-state index contributed by atoms with van der Waals surface area (Å²) in [6.07, 6.45) is 4.00. The number of aromatic nitrogens is 1. The van der Waals surface area contributed by atoms with Gasteiger partial charge in [-0.1, -0.05) is 5.16 Å². The van der Waals surface area contributed by atoms with Crippen LogP contribution in [0.2, 0.25) is 0 Å². The summed E-state index contributed by atoms with van der Waals surface area (Å²) >= 11 is 0. The lowest BCUT2D eigenvalue weighted by molar-refractivity contribution is -0.0393. The number of carbonyl (C=O) groups is 1. The van der Waals surface area contributed by atoms with E-state index in [4.69, 9.17) is 9.26 Å². The van der Waals surface area contributed by atoms with Crippen molar-refractivity contribution in [3.63, 3.8) is 0 Å². The number of hydrogen-bond acceptors (Lipinski definition) is 5. The number of hydrogen-bond donors (Lipinski definition) is 0. The topological polar surface area (TPSA) is 58.8 Å². The molecule has 1 spiro atoms. The van der Waals surface area contributed by atoms with Gasteiger partial charge in [0.1, 0.15) is 5.82 Å². The Bertz CT molecular complexity index is 755. The van der Waals surface area contributed by atoms with Crippen molar-refractivity contribution in [2.75, 3.05) is 31.6 Å². The minimum Gasteiger partial charge on any atom is -0.373 e. The van der Waals surface area contributed by atoms with Crippen LogP contribution in [0.4, 0.5) is 10.1 Å². The molecule has 0 aliphatic carbocycles. The Morgan fingerprint density at radius 1 is 1.27 bits per heavy atom. The molecule has 0 unspecified atom stereocenters. The van der Waals surface area contributed by atoms with Crippen LogP contribution in [0, 0.1) is 5.82 Å². The third kappa shape index (κ3) is 3.19. The normalized spacial score (nSPS) is 21.9. The summed E-state index contributed by atoms with van der Waals surface area (Å²) in [7, 11) is 2.02. The molecule has 2 fully saturated rings. The van der Waals surface area contributed by atoms with E-state index in [0.29, 0.717) is 19.7 Å². The minimum absolute atomic E-state index is 0.115. The van der Waals surface area contributed by atoms with Gasteiger partial charge in [-0.25, -0.2) is 4.39 Å². The van der Waals surface area contributed by atoms with Crippen molar-refractivity contribution >= 4 is 11.6 Å². The number of likely N-dealkylation sites (tertiary alicyclic amines) is 1. The third-order valence-corrected chi connectivity index (χ3v) is 5.58. The number of benzene rings is 1. The first-order valence-corrected chi connectivity index (χ1v) is 8.89. The first-order chi connectivity index (χ1) is 12.6. The first kappa shape index (κ1) is 17.0. The Balaban J connectivity index is 1.36. The van der Waals surface area contributed by atoms with Crippen LogP contribution >= 0.6 is 0 Å². The molecule has 0 saturated carbocycles. The molecule has 26 heavy (non-hydrogen) atoms. The van der Waals surface area contributed by atoms with Crippen molar-refractivity contribution in [3.8, 4) is 0 Å². The number of amides is 1. The largest absolute Gasteiger partial charge is 0.373 e. The van der Waals surface area contributed by atoms with E-state index >= 15 is 0 Å². The molecule has 6 nitrogen and oxygen atoms in total. The van der Waals surface area contributed by atoms with E-state index in [-0.39, 0.29) is 29.1 Å². The van der Waals surface area contributed by atoms with Crippen molar-refractivity contribution < 1.29 is 18.4 Å². The van der Waals surface area contributed by atoms with Crippen molar-refractivity contribution in [1.29, 1.82) is 0 Å². The molecule has 2 aromatic rings. The fourth-order valence-corrected chi connectivity index (χ4v) is 3.90. The summed E-state index contributed by atoms with van der Waals surface area (Å²) < 4.78 is 24.3. The molecule has 138 valence electrons. The monoisotopic (exact) mass is 359 g/mol. The van der Waals surface area contributed by atoms with E-state index in [0.717, 1.165) is 24.9 Å². The number of ether oxygens (including phenoxy) is 1. The molecular weight excluding hydrogens is 337 g/mol. The average Bonchev–Trinajstić information content (AvgIpc) is 3.33. The number of nitrogens with zero attached hydrogens (tertiary/aromatic N) is 3. The minimum atomic E-state index is -0.231. The van der Waals surface area contributed by atoms with Gasteiger partial charge in [0.05, 0.1) is 24.4 Å². The Morgan fingerprint density at radius 2 is 2.00 bits per heavy atom. The number of halogens is 1. The maximum atomic E-state index is 13.1. The Kier molecular flexibility index (Phi) is 4.40. The van der Waals surface area contributed by atoms with Gasteiger partial charge in [0.2, 0.25) is 5.76 Å². The number of likely N-dealkylation sites (N-methyl/N-ethyl adjacent to an activating group) is 1. The molecule has 1 aromatic heterocycles. The number of anilines is 1. The molecule has 3 heterocycles.